The third-order valence-electron chi connectivity index (χ3n) is 4.87. The van der Waals surface area contributed by atoms with Gasteiger partial charge in [-0.2, -0.15) is 5.10 Å². The predicted molar refractivity (Wildman–Crippen MR) is 90.0 cm³/mol. The van der Waals surface area contributed by atoms with Gasteiger partial charge in [0.1, 0.15) is 0 Å². The Morgan fingerprint density at radius 2 is 2.08 bits per heavy atom. The van der Waals surface area contributed by atoms with Crippen molar-refractivity contribution in [2.75, 3.05) is 19.3 Å². The topological polar surface area (TPSA) is 96.3 Å². The van der Waals surface area contributed by atoms with E-state index in [1.165, 1.54) is 16.3 Å². The number of hydrogen-bond donors (Lipinski definition) is 2. The van der Waals surface area contributed by atoms with Crippen molar-refractivity contribution in [2.24, 2.45) is 7.05 Å². The van der Waals surface area contributed by atoms with E-state index in [0.717, 1.165) is 37.7 Å². The summed E-state index contributed by atoms with van der Waals surface area (Å²) in [7, 11) is -1.29. The van der Waals surface area contributed by atoms with Gasteiger partial charge in [-0.15, -0.1) is 0 Å². The van der Waals surface area contributed by atoms with Gasteiger partial charge in [0, 0.05) is 37.4 Å². The molecule has 1 fully saturated rings. The lowest BCUT2D eigenvalue weighted by molar-refractivity contribution is 0.221. The first-order valence-electron chi connectivity index (χ1n) is 8.37. The molecular formula is C15H25N5O3S. The minimum absolute atomic E-state index is 0.0305. The number of hydrogen-bond acceptors (Lipinski definition) is 4. The number of amides is 2. The number of aryl methyl sites for hydroxylation is 1. The van der Waals surface area contributed by atoms with E-state index < -0.39 is 10.0 Å². The third kappa shape index (κ3) is 3.72. The second-order valence-electron chi connectivity index (χ2n) is 6.69. The fourth-order valence-corrected chi connectivity index (χ4v) is 4.51. The molecule has 9 heteroatoms. The van der Waals surface area contributed by atoms with Crippen LogP contribution in [-0.2, 0) is 23.5 Å². The number of sulfonamides is 1. The van der Waals surface area contributed by atoms with Crippen molar-refractivity contribution in [1.82, 2.24) is 24.7 Å². The second kappa shape index (κ2) is 6.72. The van der Waals surface area contributed by atoms with Crippen LogP contribution in [0.3, 0.4) is 0 Å². The van der Waals surface area contributed by atoms with Crippen LogP contribution in [0.25, 0.3) is 0 Å². The Morgan fingerprint density at radius 1 is 1.29 bits per heavy atom. The summed E-state index contributed by atoms with van der Waals surface area (Å²) < 4.78 is 26.6. The van der Waals surface area contributed by atoms with Crippen molar-refractivity contribution in [3.05, 3.63) is 17.5 Å². The zero-order valence-corrected chi connectivity index (χ0v) is 15.0. The lowest BCUT2D eigenvalue weighted by Crippen LogP contribution is -2.52. The SMILES string of the molecule is Cn1ncc2c1CCCC2NC(=O)NC1CCCN(S(C)(=O)=O)C1. The molecule has 8 nitrogen and oxygen atoms in total. The highest BCUT2D eigenvalue weighted by Crippen LogP contribution is 2.29. The number of urea groups is 1. The van der Waals surface area contributed by atoms with Gasteiger partial charge in [0.05, 0.1) is 18.5 Å². The van der Waals surface area contributed by atoms with Crippen LogP contribution in [0.15, 0.2) is 6.20 Å². The lowest BCUT2D eigenvalue weighted by atomic mass is 9.93. The molecule has 0 spiro atoms. The summed E-state index contributed by atoms with van der Waals surface area (Å²) in [5.74, 6) is 0. The zero-order valence-electron chi connectivity index (χ0n) is 14.2. The highest BCUT2D eigenvalue weighted by atomic mass is 32.2. The van der Waals surface area contributed by atoms with Gasteiger partial charge in [0.15, 0.2) is 0 Å². The predicted octanol–water partition coefficient (Wildman–Crippen LogP) is 0.521. The Kier molecular flexibility index (Phi) is 4.82. The number of fused-ring (bicyclic) bond motifs is 1. The Hall–Kier alpha value is -1.61. The van der Waals surface area contributed by atoms with Gasteiger partial charge in [0.25, 0.3) is 0 Å². The number of rotatable bonds is 3. The fourth-order valence-electron chi connectivity index (χ4n) is 3.60. The molecule has 2 aliphatic rings. The largest absolute Gasteiger partial charge is 0.334 e. The van der Waals surface area contributed by atoms with Crippen LogP contribution < -0.4 is 10.6 Å². The first kappa shape index (κ1) is 17.2. The van der Waals surface area contributed by atoms with Crippen molar-refractivity contribution >= 4 is 16.1 Å². The summed E-state index contributed by atoms with van der Waals surface area (Å²) in [6.07, 6.45) is 7.48. The number of piperidine rings is 1. The number of carbonyl (C=O) groups is 1. The summed E-state index contributed by atoms with van der Waals surface area (Å²) in [6, 6.07) is -0.417. The molecule has 1 aliphatic carbocycles. The molecule has 3 rings (SSSR count). The summed E-state index contributed by atoms with van der Waals surface area (Å²) in [6.45, 7) is 0.870. The van der Waals surface area contributed by atoms with Gasteiger partial charge in [-0.3, -0.25) is 4.68 Å². The van der Waals surface area contributed by atoms with Crippen LogP contribution >= 0.6 is 0 Å². The summed E-state index contributed by atoms with van der Waals surface area (Å²) in [4.78, 5) is 12.3. The molecule has 24 heavy (non-hydrogen) atoms. The monoisotopic (exact) mass is 355 g/mol. The van der Waals surface area contributed by atoms with Gasteiger partial charge in [-0.25, -0.2) is 17.5 Å². The van der Waals surface area contributed by atoms with Crippen molar-refractivity contribution in [3.63, 3.8) is 0 Å². The first-order chi connectivity index (χ1) is 11.3. The molecule has 1 saturated heterocycles. The van der Waals surface area contributed by atoms with Crippen LogP contribution in [0.4, 0.5) is 4.79 Å². The molecule has 134 valence electrons. The molecule has 2 amide bonds. The van der Waals surface area contributed by atoms with Crippen LogP contribution in [0, 0.1) is 0 Å². The second-order valence-corrected chi connectivity index (χ2v) is 8.68. The number of nitrogens with one attached hydrogen (secondary N) is 2. The fraction of sp³-hybridized carbons (Fsp3) is 0.733. The average molecular weight is 355 g/mol. The smallest absolute Gasteiger partial charge is 0.315 e. The van der Waals surface area contributed by atoms with E-state index in [-0.39, 0.29) is 18.1 Å². The average Bonchev–Trinajstić information content (AvgIpc) is 2.89. The van der Waals surface area contributed by atoms with E-state index in [1.54, 1.807) is 0 Å². The van der Waals surface area contributed by atoms with Crippen LogP contribution in [0.2, 0.25) is 0 Å². The molecule has 1 aromatic heterocycles. The van der Waals surface area contributed by atoms with Gasteiger partial charge in [-0.05, 0) is 32.1 Å². The lowest BCUT2D eigenvalue weighted by Gasteiger charge is -2.32. The number of aromatic nitrogens is 2. The van der Waals surface area contributed by atoms with Gasteiger partial charge in [-0.1, -0.05) is 0 Å². The molecule has 0 bridgehead atoms. The van der Waals surface area contributed by atoms with E-state index in [0.29, 0.717) is 13.1 Å². The maximum atomic E-state index is 12.3. The van der Waals surface area contributed by atoms with Gasteiger partial charge >= 0.3 is 6.03 Å². The number of nitrogens with zero attached hydrogens (tertiary/aromatic N) is 3. The standard InChI is InChI=1S/C15H25N5O3S/c1-19-14-7-3-6-13(12(14)9-16-19)18-15(21)17-11-5-4-8-20(10-11)24(2,22)23/h9,11,13H,3-8,10H2,1-2H3,(H2,17,18,21). The normalized spacial score (nSPS) is 25.1. The van der Waals surface area contributed by atoms with E-state index in [9.17, 15) is 13.2 Å². The number of carbonyl (C=O) groups excluding carboxylic acids is 1. The van der Waals surface area contributed by atoms with E-state index in [1.807, 2.05) is 17.9 Å². The van der Waals surface area contributed by atoms with Crippen molar-refractivity contribution in [3.8, 4) is 0 Å². The molecule has 2 unspecified atom stereocenters. The summed E-state index contributed by atoms with van der Waals surface area (Å²) in [5, 5.41) is 10.2. The maximum absolute atomic E-state index is 12.3. The molecule has 2 N–H and O–H groups in total. The van der Waals surface area contributed by atoms with E-state index in [2.05, 4.69) is 15.7 Å². The molecule has 0 radical (unpaired) electrons. The Labute approximate surface area is 142 Å². The Balaban J connectivity index is 1.58. The highest BCUT2D eigenvalue weighted by molar-refractivity contribution is 7.88. The highest BCUT2D eigenvalue weighted by Gasteiger charge is 2.29. The quantitative estimate of drug-likeness (QED) is 0.826. The first-order valence-corrected chi connectivity index (χ1v) is 10.2. The molecule has 1 aliphatic heterocycles. The molecule has 0 aromatic carbocycles. The van der Waals surface area contributed by atoms with E-state index in [4.69, 9.17) is 0 Å². The molecular weight excluding hydrogens is 330 g/mol. The van der Waals surface area contributed by atoms with Gasteiger partial charge in [0.2, 0.25) is 10.0 Å². The van der Waals surface area contributed by atoms with Crippen LogP contribution in [0.1, 0.15) is 43.0 Å². The van der Waals surface area contributed by atoms with Crippen molar-refractivity contribution < 1.29 is 13.2 Å². The molecule has 1 aromatic rings. The molecule has 2 heterocycles. The van der Waals surface area contributed by atoms with Crippen molar-refractivity contribution in [2.45, 2.75) is 44.2 Å². The third-order valence-corrected chi connectivity index (χ3v) is 6.14. The maximum Gasteiger partial charge on any atom is 0.315 e. The van der Waals surface area contributed by atoms with Crippen molar-refractivity contribution in [1.29, 1.82) is 0 Å². The van der Waals surface area contributed by atoms with Gasteiger partial charge < -0.3 is 10.6 Å². The van der Waals surface area contributed by atoms with E-state index >= 15 is 0 Å². The Morgan fingerprint density at radius 3 is 2.83 bits per heavy atom. The summed E-state index contributed by atoms with van der Waals surface area (Å²) in [5.41, 5.74) is 2.26. The van der Waals surface area contributed by atoms with Crippen LogP contribution in [0.5, 0.6) is 0 Å². The Bertz CT molecular complexity index is 715. The summed E-state index contributed by atoms with van der Waals surface area (Å²) >= 11 is 0. The minimum Gasteiger partial charge on any atom is -0.334 e. The molecule has 2 atom stereocenters. The molecule has 0 saturated carbocycles. The zero-order chi connectivity index (χ0) is 17.3. The minimum atomic E-state index is -3.21. The van der Waals surface area contributed by atoms with Crippen LogP contribution in [-0.4, -0.2) is 53.9 Å².